The monoisotopic (exact) mass is 225 g/mol. The normalized spacial score (nSPS) is 10.4. The second-order valence-electron chi connectivity index (χ2n) is 2.71. The summed E-state index contributed by atoms with van der Waals surface area (Å²) in [5.41, 5.74) is 0.877. The van der Waals surface area contributed by atoms with Crippen molar-refractivity contribution in [1.82, 2.24) is 5.16 Å². The van der Waals surface area contributed by atoms with Gasteiger partial charge in [-0.2, -0.15) is 0 Å². The molecule has 0 bridgehead atoms. The summed E-state index contributed by atoms with van der Waals surface area (Å²) < 4.78 is 5.17. The van der Waals surface area contributed by atoms with Crippen LogP contribution in [0.2, 0.25) is 5.02 Å². The Hall–Kier alpha value is -0.930. The first-order valence-corrected chi connectivity index (χ1v) is 5.67. The van der Waals surface area contributed by atoms with Gasteiger partial charge in [-0.3, -0.25) is 0 Å². The lowest BCUT2D eigenvalue weighted by atomic mass is 10.2. The molecule has 0 saturated carbocycles. The molecule has 72 valence electrons. The van der Waals surface area contributed by atoms with Crippen LogP contribution < -0.4 is 0 Å². The highest BCUT2D eigenvalue weighted by Crippen LogP contribution is 2.29. The van der Waals surface area contributed by atoms with Gasteiger partial charge >= 0.3 is 0 Å². The molecule has 2 rings (SSSR count). The van der Waals surface area contributed by atoms with Gasteiger partial charge in [0.2, 0.25) is 0 Å². The van der Waals surface area contributed by atoms with Gasteiger partial charge in [0.05, 0.1) is 5.02 Å². The molecule has 1 aromatic heterocycles. The van der Waals surface area contributed by atoms with Crippen molar-refractivity contribution in [2.24, 2.45) is 0 Å². The van der Waals surface area contributed by atoms with Crippen LogP contribution in [-0.4, -0.2) is 11.4 Å². The van der Waals surface area contributed by atoms with Crippen molar-refractivity contribution in [3.8, 4) is 11.3 Å². The molecule has 0 unspecified atom stereocenters. The molecular formula is C10H8ClNOS. The number of nitrogens with zero attached hydrogens (tertiary/aromatic N) is 1. The molecule has 0 N–H and O–H groups in total. The maximum atomic E-state index is 6.02. The molecule has 1 heterocycles. The van der Waals surface area contributed by atoms with Crippen molar-refractivity contribution in [2.75, 3.05) is 6.26 Å². The van der Waals surface area contributed by atoms with Crippen molar-refractivity contribution in [3.63, 3.8) is 0 Å². The van der Waals surface area contributed by atoms with Crippen LogP contribution >= 0.6 is 23.4 Å². The minimum Gasteiger partial charge on any atom is -0.355 e. The van der Waals surface area contributed by atoms with E-state index in [1.165, 1.54) is 0 Å². The second-order valence-corrected chi connectivity index (χ2v) is 3.95. The van der Waals surface area contributed by atoms with E-state index in [0.717, 1.165) is 10.6 Å². The number of rotatable bonds is 2. The summed E-state index contributed by atoms with van der Waals surface area (Å²) in [6.07, 6.45) is 1.95. The van der Waals surface area contributed by atoms with Crippen molar-refractivity contribution < 1.29 is 4.52 Å². The van der Waals surface area contributed by atoms with Crippen LogP contribution in [0.3, 0.4) is 0 Å². The van der Waals surface area contributed by atoms with E-state index in [2.05, 4.69) is 5.16 Å². The lowest BCUT2D eigenvalue weighted by Gasteiger charge is -1.96. The van der Waals surface area contributed by atoms with Gasteiger partial charge < -0.3 is 4.52 Å². The molecular weight excluding hydrogens is 218 g/mol. The van der Waals surface area contributed by atoms with Gasteiger partial charge in [0.25, 0.3) is 0 Å². The quantitative estimate of drug-likeness (QED) is 0.729. The van der Waals surface area contributed by atoms with Crippen molar-refractivity contribution in [1.29, 1.82) is 0 Å². The Labute approximate surface area is 91.2 Å². The molecule has 0 saturated heterocycles. The maximum absolute atomic E-state index is 6.02. The molecule has 2 nitrogen and oxygen atoms in total. The molecule has 14 heavy (non-hydrogen) atoms. The van der Waals surface area contributed by atoms with Crippen LogP contribution in [0.1, 0.15) is 0 Å². The van der Waals surface area contributed by atoms with Gasteiger partial charge in [-0.25, -0.2) is 0 Å². The summed E-state index contributed by atoms with van der Waals surface area (Å²) >= 11 is 7.56. The molecule has 0 spiro atoms. The first kappa shape index (κ1) is 9.62. The molecule has 0 aliphatic rings. The van der Waals surface area contributed by atoms with E-state index in [9.17, 15) is 0 Å². The number of thioether (sulfide) groups is 1. The summed E-state index contributed by atoms with van der Waals surface area (Å²) in [6.45, 7) is 0. The molecule has 0 atom stereocenters. The van der Waals surface area contributed by atoms with Crippen LogP contribution in [0.4, 0.5) is 0 Å². The zero-order chi connectivity index (χ0) is 9.97. The molecule has 0 aliphatic heterocycles. The summed E-state index contributed by atoms with van der Waals surface area (Å²) in [4.78, 5) is 0. The Kier molecular flexibility index (Phi) is 2.79. The molecule has 2 aromatic rings. The Morgan fingerprint density at radius 3 is 2.79 bits per heavy atom. The van der Waals surface area contributed by atoms with Gasteiger partial charge in [0.15, 0.2) is 5.76 Å². The second kappa shape index (κ2) is 4.07. The van der Waals surface area contributed by atoms with Crippen molar-refractivity contribution in [2.45, 2.75) is 5.03 Å². The predicted molar refractivity (Wildman–Crippen MR) is 58.7 cm³/mol. The average molecular weight is 226 g/mol. The van der Waals surface area contributed by atoms with Crippen LogP contribution in [0.15, 0.2) is 39.9 Å². The third-order valence-corrected chi connectivity index (χ3v) is 2.78. The minimum absolute atomic E-state index is 0.677. The zero-order valence-electron chi connectivity index (χ0n) is 7.53. The molecule has 4 heteroatoms. The topological polar surface area (TPSA) is 26.0 Å². The van der Waals surface area contributed by atoms with Crippen LogP contribution in [0.5, 0.6) is 0 Å². The van der Waals surface area contributed by atoms with E-state index < -0.39 is 0 Å². The summed E-state index contributed by atoms with van der Waals surface area (Å²) in [5, 5.41) is 5.42. The minimum atomic E-state index is 0.677. The largest absolute Gasteiger partial charge is 0.355 e. The Balaban J connectivity index is 2.44. The van der Waals surface area contributed by atoms with Gasteiger partial charge in [0, 0.05) is 11.6 Å². The molecule has 0 aliphatic carbocycles. The highest BCUT2D eigenvalue weighted by atomic mass is 35.5. The molecule has 0 amide bonds. The van der Waals surface area contributed by atoms with Crippen LogP contribution in [-0.2, 0) is 0 Å². The highest BCUT2D eigenvalue weighted by Gasteiger charge is 2.08. The zero-order valence-corrected chi connectivity index (χ0v) is 9.10. The Morgan fingerprint density at radius 1 is 1.36 bits per heavy atom. The van der Waals surface area contributed by atoms with Crippen molar-refractivity contribution in [3.05, 3.63) is 35.4 Å². The third-order valence-electron chi connectivity index (χ3n) is 1.84. The first-order chi connectivity index (χ1) is 6.81. The highest BCUT2D eigenvalue weighted by molar-refractivity contribution is 7.98. The van der Waals surface area contributed by atoms with Gasteiger partial charge in [-0.15, -0.1) is 11.8 Å². The Bertz CT molecular complexity index is 441. The van der Waals surface area contributed by atoms with E-state index in [4.69, 9.17) is 16.1 Å². The lowest BCUT2D eigenvalue weighted by molar-refractivity contribution is 0.415. The van der Waals surface area contributed by atoms with E-state index in [1.54, 1.807) is 11.8 Å². The third kappa shape index (κ3) is 1.79. The standard InChI is InChI=1S/C10H8ClNOS/c1-14-10-6-9(13-12-10)7-4-2-3-5-8(7)11/h2-6H,1H3. The molecule has 0 fully saturated rings. The number of hydrogen-bond acceptors (Lipinski definition) is 3. The van der Waals surface area contributed by atoms with E-state index in [0.29, 0.717) is 10.8 Å². The fourth-order valence-corrected chi connectivity index (χ4v) is 1.71. The fraction of sp³-hybridized carbons (Fsp3) is 0.100. The van der Waals surface area contributed by atoms with E-state index in [1.807, 2.05) is 36.6 Å². The number of aromatic nitrogens is 1. The maximum Gasteiger partial charge on any atom is 0.169 e. The molecule has 1 aromatic carbocycles. The Morgan fingerprint density at radius 2 is 2.14 bits per heavy atom. The summed E-state index contributed by atoms with van der Waals surface area (Å²) in [5.74, 6) is 0.708. The van der Waals surface area contributed by atoms with Gasteiger partial charge in [-0.1, -0.05) is 28.9 Å². The fourth-order valence-electron chi connectivity index (χ4n) is 1.14. The smallest absolute Gasteiger partial charge is 0.169 e. The number of halogens is 1. The first-order valence-electron chi connectivity index (χ1n) is 4.07. The number of benzene rings is 1. The number of hydrogen-bond donors (Lipinski definition) is 0. The lowest BCUT2D eigenvalue weighted by Crippen LogP contribution is -1.74. The van der Waals surface area contributed by atoms with Crippen LogP contribution in [0.25, 0.3) is 11.3 Å². The van der Waals surface area contributed by atoms with Crippen LogP contribution in [0, 0.1) is 0 Å². The van der Waals surface area contributed by atoms with Gasteiger partial charge in [-0.05, 0) is 18.4 Å². The molecule has 0 radical (unpaired) electrons. The van der Waals surface area contributed by atoms with E-state index in [-0.39, 0.29) is 0 Å². The SMILES string of the molecule is CSc1cc(-c2ccccc2Cl)on1. The van der Waals surface area contributed by atoms with Gasteiger partial charge in [0.1, 0.15) is 5.03 Å². The predicted octanol–water partition coefficient (Wildman–Crippen LogP) is 3.72. The van der Waals surface area contributed by atoms with Crippen molar-refractivity contribution >= 4 is 23.4 Å². The summed E-state index contributed by atoms with van der Waals surface area (Å²) in [7, 11) is 0. The van der Waals surface area contributed by atoms with E-state index >= 15 is 0 Å². The average Bonchev–Trinajstić information content (AvgIpc) is 2.67. The summed E-state index contributed by atoms with van der Waals surface area (Å²) in [6, 6.07) is 9.43.